The van der Waals surface area contributed by atoms with Crippen molar-refractivity contribution in [2.75, 3.05) is 17.7 Å². The van der Waals surface area contributed by atoms with Crippen LogP contribution in [0.15, 0.2) is 18.2 Å². The topological polar surface area (TPSA) is 64.3 Å². The van der Waals surface area contributed by atoms with Crippen molar-refractivity contribution in [3.63, 3.8) is 0 Å². The van der Waals surface area contributed by atoms with E-state index in [2.05, 4.69) is 5.32 Å². The molecule has 0 unspecified atom stereocenters. The fourth-order valence-corrected chi connectivity index (χ4v) is 1.19. The second-order valence-electron chi connectivity index (χ2n) is 3.83. The highest BCUT2D eigenvalue weighted by Gasteiger charge is 2.09. The van der Waals surface area contributed by atoms with Gasteiger partial charge in [-0.25, -0.2) is 0 Å². The molecule has 1 aromatic carbocycles. The first kappa shape index (κ1) is 12.4. The third kappa shape index (κ3) is 3.15. The minimum atomic E-state index is -0.0639. The zero-order valence-electron chi connectivity index (χ0n) is 9.91. The van der Waals surface area contributed by atoms with Gasteiger partial charge >= 0.3 is 0 Å². The number of hydrogen-bond donors (Lipinski definition) is 2. The first-order valence-corrected chi connectivity index (χ1v) is 5.37. The maximum atomic E-state index is 11.5. The monoisotopic (exact) mass is 222 g/mol. The second kappa shape index (κ2) is 5.39. The Morgan fingerprint density at radius 2 is 2.19 bits per heavy atom. The molecule has 0 saturated heterocycles. The Hall–Kier alpha value is -1.71. The van der Waals surface area contributed by atoms with Gasteiger partial charge in [0.05, 0.1) is 18.0 Å². The normalized spacial score (nSPS) is 10.2. The average Bonchev–Trinajstić information content (AvgIpc) is 2.22. The first-order chi connectivity index (χ1) is 7.54. The zero-order valence-corrected chi connectivity index (χ0v) is 9.91. The molecule has 0 saturated carbocycles. The van der Waals surface area contributed by atoms with Crippen LogP contribution in [-0.2, 0) is 4.79 Å². The Kier molecular flexibility index (Phi) is 4.17. The van der Waals surface area contributed by atoms with Crippen LogP contribution in [0.2, 0.25) is 0 Å². The van der Waals surface area contributed by atoms with Gasteiger partial charge in [0.15, 0.2) is 0 Å². The number of hydrogen-bond acceptors (Lipinski definition) is 3. The molecule has 0 aliphatic carbocycles. The maximum Gasteiger partial charge on any atom is 0.226 e. The van der Waals surface area contributed by atoms with Gasteiger partial charge in [-0.3, -0.25) is 4.79 Å². The van der Waals surface area contributed by atoms with Gasteiger partial charge in [-0.15, -0.1) is 0 Å². The highest BCUT2D eigenvalue weighted by atomic mass is 16.5. The summed E-state index contributed by atoms with van der Waals surface area (Å²) in [5.74, 6) is 0.601. The van der Waals surface area contributed by atoms with Crippen molar-refractivity contribution in [1.82, 2.24) is 0 Å². The van der Waals surface area contributed by atoms with Crippen LogP contribution >= 0.6 is 0 Å². The van der Waals surface area contributed by atoms with Crippen molar-refractivity contribution in [2.45, 2.75) is 20.8 Å². The number of nitrogens with one attached hydrogen (secondary N) is 1. The Morgan fingerprint density at radius 1 is 1.50 bits per heavy atom. The van der Waals surface area contributed by atoms with E-state index in [1.807, 2.05) is 20.8 Å². The molecule has 1 rings (SSSR count). The zero-order chi connectivity index (χ0) is 12.1. The van der Waals surface area contributed by atoms with Crippen LogP contribution in [0.5, 0.6) is 5.75 Å². The Morgan fingerprint density at radius 3 is 2.69 bits per heavy atom. The molecule has 0 spiro atoms. The molecule has 0 aliphatic rings. The number of carbonyl (C=O) groups excluding carboxylic acids is 1. The van der Waals surface area contributed by atoms with Gasteiger partial charge in [0.2, 0.25) is 5.91 Å². The van der Waals surface area contributed by atoms with E-state index in [9.17, 15) is 4.79 Å². The molecule has 4 nitrogen and oxygen atoms in total. The van der Waals surface area contributed by atoms with Crippen molar-refractivity contribution >= 4 is 17.3 Å². The van der Waals surface area contributed by atoms with Gasteiger partial charge in [-0.2, -0.15) is 0 Å². The molecule has 0 aromatic heterocycles. The summed E-state index contributed by atoms with van der Waals surface area (Å²) in [4.78, 5) is 11.5. The van der Waals surface area contributed by atoms with E-state index in [1.54, 1.807) is 18.2 Å². The SMILES string of the molecule is CCOc1ccc(NC(=O)C(C)C)c(N)c1. The number of amides is 1. The number of ether oxygens (including phenoxy) is 1. The highest BCUT2D eigenvalue weighted by molar-refractivity contribution is 5.95. The van der Waals surface area contributed by atoms with E-state index >= 15 is 0 Å². The number of benzene rings is 1. The van der Waals surface area contributed by atoms with Crippen molar-refractivity contribution < 1.29 is 9.53 Å². The molecular formula is C12H18N2O2. The van der Waals surface area contributed by atoms with Gasteiger partial charge in [-0.05, 0) is 19.1 Å². The fraction of sp³-hybridized carbons (Fsp3) is 0.417. The number of nitrogens with two attached hydrogens (primary N) is 1. The third-order valence-electron chi connectivity index (χ3n) is 2.12. The summed E-state index contributed by atoms with van der Waals surface area (Å²) in [5, 5.41) is 2.76. The van der Waals surface area contributed by atoms with Crippen molar-refractivity contribution in [3.8, 4) is 5.75 Å². The Balaban J connectivity index is 2.79. The van der Waals surface area contributed by atoms with Crippen molar-refractivity contribution in [2.24, 2.45) is 5.92 Å². The van der Waals surface area contributed by atoms with Crippen LogP contribution in [0.4, 0.5) is 11.4 Å². The maximum absolute atomic E-state index is 11.5. The molecule has 3 N–H and O–H groups in total. The molecule has 0 heterocycles. The van der Waals surface area contributed by atoms with Gasteiger partial charge in [0.25, 0.3) is 0 Å². The lowest BCUT2D eigenvalue weighted by Gasteiger charge is -2.11. The number of nitrogen functional groups attached to an aromatic ring is 1. The summed E-state index contributed by atoms with van der Waals surface area (Å²) < 4.78 is 5.30. The quantitative estimate of drug-likeness (QED) is 0.768. The van der Waals surface area contributed by atoms with E-state index < -0.39 is 0 Å². The number of anilines is 2. The standard InChI is InChI=1S/C12H18N2O2/c1-4-16-9-5-6-11(10(13)7-9)14-12(15)8(2)3/h5-8H,4,13H2,1-3H3,(H,14,15). The Bertz CT molecular complexity index is 375. The minimum Gasteiger partial charge on any atom is -0.494 e. The first-order valence-electron chi connectivity index (χ1n) is 5.37. The van der Waals surface area contributed by atoms with Gasteiger partial charge in [-0.1, -0.05) is 13.8 Å². The van der Waals surface area contributed by atoms with Crippen molar-refractivity contribution in [3.05, 3.63) is 18.2 Å². The summed E-state index contributed by atoms with van der Waals surface area (Å²) >= 11 is 0. The van der Waals surface area contributed by atoms with E-state index in [-0.39, 0.29) is 11.8 Å². The van der Waals surface area contributed by atoms with Crippen LogP contribution < -0.4 is 15.8 Å². The van der Waals surface area contributed by atoms with Crippen molar-refractivity contribution in [1.29, 1.82) is 0 Å². The Labute approximate surface area is 95.8 Å². The molecule has 0 aliphatic heterocycles. The van der Waals surface area contributed by atoms with Gasteiger partial charge in [0.1, 0.15) is 5.75 Å². The van der Waals surface area contributed by atoms with Gasteiger partial charge in [0, 0.05) is 12.0 Å². The second-order valence-corrected chi connectivity index (χ2v) is 3.83. The summed E-state index contributed by atoms with van der Waals surface area (Å²) in [6, 6.07) is 5.25. The lowest BCUT2D eigenvalue weighted by molar-refractivity contribution is -0.118. The molecule has 88 valence electrons. The van der Waals surface area contributed by atoms with E-state index in [1.165, 1.54) is 0 Å². The molecule has 0 atom stereocenters. The third-order valence-corrected chi connectivity index (χ3v) is 2.12. The van der Waals surface area contributed by atoms with Gasteiger partial charge < -0.3 is 15.8 Å². The van der Waals surface area contributed by atoms with E-state index in [0.717, 1.165) is 0 Å². The van der Waals surface area contributed by atoms with Crippen LogP contribution in [0.3, 0.4) is 0 Å². The highest BCUT2D eigenvalue weighted by Crippen LogP contribution is 2.24. The summed E-state index contributed by atoms with van der Waals surface area (Å²) in [5.41, 5.74) is 6.95. The number of rotatable bonds is 4. The minimum absolute atomic E-state index is 0.0455. The molecule has 1 aromatic rings. The molecule has 0 bridgehead atoms. The van der Waals surface area contributed by atoms with Crippen LogP contribution in [0, 0.1) is 5.92 Å². The molecule has 0 radical (unpaired) electrons. The smallest absolute Gasteiger partial charge is 0.226 e. The van der Waals surface area contributed by atoms with E-state index in [4.69, 9.17) is 10.5 Å². The fourth-order valence-electron chi connectivity index (χ4n) is 1.19. The summed E-state index contributed by atoms with van der Waals surface area (Å²) in [6.45, 7) is 6.17. The molecule has 1 amide bonds. The number of carbonyl (C=O) groups is 1. The van der Waals surface area contributed by atoms with E-state index in [0.29, 0.717) is 23.7 Å². The molecule has 4 heteroatoms. The summed E-state index contributed by atoms with van der Waals surface area (Å²) in [6.07, 6.45) is 0. The van der Waals surface area contributed by atoms with Crippen LogP contribution in [0.1, 0.15) is 20.8 Å². The predicted octanol–water partition coefficient (Wildman–Crippen LogP) is 2.26. The summed E-state index contributed by atoms with van der Waals surface area (Å²) in [7, 11) is 0. The molecular weight excluding hydrogens is 204 g/mol. The van der Waals surface area contributed by atoms with Crippen LogP contribution in [-0.4, -0.2) is 12.5 Å². The predicted molar refractivity (Wildman–Crippen MR) is 65.5 cm³/mol. The lowest BCUT2D eigenvalue weighted by Crippen LogP contribution is -2.18. The van der Waals surface area contributed by atoms with Crippen LogP contribution in [0.25, 0.3) is 0 Å². The lowest BCUT2D eigenvalue weighted by atomic mass is 10.2. The molecule has 16 heavy (non-hydrogen) atoms. The average molecular weight is 222 g/mol. The largest absolute Gasteiger partial charge is 0.494 e. The molecule has 0 fully saturated rings.